The van der Waals surface area contributed by atoms with Gasteiger partial charge < -0.3 is 9.88 Å². The molecule has 0 fully saturated rings. The van der Waals surface area contributed by atoms with Crippen molar-refractivity contribution in [3.05, 3.63) is 48.1 Å². The van der Waals surface area contributed by atoms with Gasteiger partial charge in [0.1, 0.15) is 17.5 Å². The second-order valence-corrected chi connectivity index (χ2v) is 5.23. The number of fused-ring (bicyclic) bond motifs is 1. The minimum atomic E-state index is -0.343. The van der Waals surface area contributed by atoms with Crippen LogP contribution in [0.1, 0.15) is 0 Å². The first-order valence-corrected chi connectivity index (χ1v) is 7.39. The highest BCUT2D eigenvalue weighted by molar-refractivity contribution is 5.82. The monoisotopic (exact) mass is 328 g/mol. The molecule has 1 aromatic carbocycles. The fourth-order valence-electron chi connectivity index (χ4n) is 2.67. The van der Waals surface area contributed by atoms with E-state index in [1.807, 2.05) is 23.8 Å². The number of halogens is 1. The number of nitrogens with two attached hydrogens (primary N) is 1. The minimum Gasteiger partial charge on any atom is -0.368 e. The van der Waals surface area contributed by atoms with Crippen LogP contribution in [0.4, 0.5) is 10.2 Å². The largest absolute Gasteiger partial charge is 0.368 e. The van der Waals surface area contributed by atoms with E-state index in [2.05, 4.69) is 26.0 Å². The molecule has 9 heteroatoms. The molecule has 1 aliphatic rings. The fraction of sp³-hybridized carbons (Fsp3) is 0.133. The lowest BCUT2D eigenvalue weighted by Gasteiger charge is -2.13. The smallest absolute Gasteiger partial charge is 0.201 e. The lowest BCUT2D eigenvalue weighted by molar-refractivity contribution is -0.643. The van der Waals surface area contributed by atoms with Gasteiger partial charge in [-0.25, -0.2) is 24.9 Å². The highest BCUT2D eigenvalue weighted by atomic mass is 19.1. The Morgan fingerprint density at radius 1 is 1.38 bits per heavy atom. The number of anilines is 1. The zero-order valence-electron chi connectivity index (χ0n) is 12.8. The molecule has 0 aliphatic carbocycles. The predicted molar refractivity (Wildman–Crippen MR) is 84.8 cm³/mol. The Bertz CT molecular complexity index is 956. The van der Waals surface area contributed by atoms with Gasteiger partial charge in [-0.15, -0.1) is 0 Å². The third kappa shape index (κ3) is 2.31. The van der Waals surface area contributed by atoms with Gasteiger partial charge in [0, 0.05) is 7.05 Å². The van der Waals surface area contributed by atoms with E-state index in [4.69, 9.17) is 4.63 Å². The van der Waals surface area contributed by atoms with Gasteiger partial charge >= 0.3 is 0 Å². The summed E-state index contributed by atoms with van der Waals surface area (Å²) in [6, 6.07) is 4.81. The summed E-state index contributed by atoms with van der Waals surface area (Å²) in [7, 11) is 1.71. The average molecular weight is 328 g/mol. The van der Waals surface area contributed by atoms with Crippen molar-refractivity contribution in [1.82, 2.24) is 25.3 Å². The second-order valence-electron chi connectivity index (χ2n) is 5.23. The first-order chi connectivity index (χ1) is 11.8. The zero-order valence-corrected chi connectivity index (χ0v) is 12.8. The molecular formula is C15H15FN7O+. The molecule has 3 aromatic rings. The molecule has 3 heterocycles. The van der Waals surface area contributed by atoms with E-state index in [0.717, 1.165) is 5.70 Å². The number of benzene rings is 1. The number of rotatable bonds is 4. The van der Waals surface area contributed by atoms with Gasteiger partial charge in [0.15, 0.2) is 11.5 Å². The van der Waals surface area contributed by atoms with Crippen molar-refractivity contribution in [2.75, 3.05) is 12.4 Å². The first-order valence-electron chi connectivity index (χ1n) is 7.39. The van der Waals surface area contributed by atoms with Crippen molar-refractivity contribution in [2.45, 2.75) is 6.54 Å². The molecule has 1 aliphatic heterocycles. The molecule has 0 atom stereocenters. The Kier molecular flexibility index (Phi) is 3.47. The third-order valence-corrected chi connectivity index (χ3v) is 3.76. The topological polar surface area (TPSA) is 97.4 Å². The molecule has 0 saturated heterocycles. The van der Waals surface area contributed by atoms with Crippen LogP contribution < -0.4 is 16.2 Å². The molecule has 0 amide bonds. The number of nitrogens with one attached hydrogen (secondary N) is 2. The quantitative estimate of drug-likeness (QED) is 0.612. The molecule has 0 radical (unpaired) electrons. The van der Waals surface area contributed by atoms with Gasteiger partial charge in [0.05, 0.1) is 17.8 Å². The van der Waals surface area contributed by atoms with Crippen molar-refractivity contribution in [3.63, 3.8) is 0 Å². The average Bonchev–Trinajstić information content (AvgIpc) is 3.21. The summed E-state index contributed by atoms with van der Waals surface area (Å²) in [5, 5.41) is 10.6. The van der Waals surface area contributed by atoms with Crippen LogP contribution in [-0.2, 0) is 6.54 Å². The maximum absolute atomic E-state index is 14.4. The third-order valence-electron chi connectivity index (χ3n) is 3.76. The SMILES string of the molecule is CNc1nonc1-c1nc2cccc(F)c2n1CC1=CC=C[NH2+]N1. The summed E-state index contributed by atoms with van der Waals surface area (Å²) in [6.45, 7) is 0.406. The Morgan fingerprint density at radius 3 is 3.08 bits per heavy atom. The predicted octanol–water partition coefficient (Wildman–Crippen LogP) is 0.746. The number of para-hydroxylation sites is 1. The van der Waals surface area contributed by atoms with Crippen molar-refractivity contribution in [2.24, 2.45) is 0 Å². The zero-order chi connectivity index (χ0) is 16.5. The summed E-state index contributed by atoms with van der Waals surface area (Å²) < 4.78 is 21.0. The maximum Gasteiger partial charge on any atom is 0.201 e. The highest BCUT2D eigenvalue weighted by Gasteiger charge is 2.22. The molecular weight excluding hydrogens is 313 g/mol. The lowest BCUT2D eigenvalue weighted by Crippen LogP contribution is -2.88. The summed E-state index contributed by atoms with van der Waals surface area (Å²) >= 11 is 0. The van der Waals surface area contributed by atoms with Crippen LogP contribution in [0.25, 0.3) is 22.6 Å². The van der Waals surface area contributed by atoms with E-state index < -0.39 is 0 Å². The highest BCUT2D eigenvalue weighted by Crippen LogP contribution is 2.29. The normalized spacial score (nSPS) is 13.8. The Morgan fingerprint density at radius 2 is 2.29 bits per heavy atom. The molecule has 0 unspecified atom stereocenters. The Balaban J connectivity index is 1.92. The van der Waals surface area contributed by atoms with Gasteiger partial charge in [-0.1, -0.05) is 6.07 Å². The number of aromatic nitrogens is 4. The van der Waals surface area contributed by atoms with Gasteiger partial charge in [-0.05, 0) is 34.6 Å². The van der Waals surface area contributed by atoms with Crippen LogP contribution in [0.15, 0.2) is 46.9 Å². The molecule has 4 rings (SSSR count). The van der Waals surface area contributed by atoms with Crippen LogP contribution in [0.5, 0.6) is 0 Å². The molecule has 8 nitrogen and oxygen atoms in total. The maximum atomic E-state index is 14.4. The summed E-state index contributed by atoms with van der Waals surface area (Å²) in [4.78, 5) is 4.53. The number of nitrogens with zero attached hydrogens (tertiary/aromatic N) is 4. The molecule has 122 valence electrons. The molecule has 0 saturated carbocycles. The van der Waals surface area contributed by atoms with Crippen molar-refractivity contribution >= 4 is 16.9 Å². The van der Waals surface area contributed by atoms with Crippen LogP contribution in [0.2, 0.25) is 0 Å². The van der Waals surface area contributed by atoms with Crippen LogP contribution in [-0.4, -0.2) is 26.9 Å². The number of imidazole rings is 1. The number of hydrogen-bond donors (Lipinski definition) is 3. The number of quaternary nitrogens is 1. The van der Waals surface area contributed by atoms with E-state index in [-0.39, 0.29) is 5.82 Å². The molecule has 2 aromatic heterocycles. The van der Waals surface area contributed by atoms with Crippen molar-refractivity contribution in [1.29, 1.82) is 0 Å². The molecule has 0 bridgehead atoms. The number of hydrogen-bond acceptors (Lipinski definition) is 6. The van der Waals surface area contributed by atoms with Gasteiger partial charge in [0.2, 0.25) is 5.82 Å². The van der Waals surface area contributed by atoms with E-state index in [1.54, 1.807) is 23.7 Å². The van der Waals surface area contributed by atoms with Gasteiger partial charge in [-0.3, -0.25) is 0 Å². The summed E-state index contributed by atoms with van der Waals surface area (Å²) in [5.41, 5.74) is 7.27. The fourth-order valence-corrected chi connectivity index (χ4v) is 2.67. The standard InChI is InChI=1S/C15H14FN7O/c1-17-14-12(21-24-22-14)15-19-11-6-2-5-10(16)13(11)23(15)8-9-4-3-7-18-20-9/h2-7,18,20H,8H2,1H3,(H,17,22)/p+1. The Hall–Kier alpha value is -3.20. The second kappa shape index (κ2) is 5.78. The lowest BCUT2D eigenvalue weighted by atomic mass is 10.3. The summed E-state index contributed by atoms with van der Waals surface area (Å²) in [6.07, 6.45) is 5.73. The summed E-state index contributed by atoms with van der Waals surface area (Å²) in [5.74, 6) is 0.589. The van der Waals surface area contributed by atoms with E-state index in [9.17, 15) is 4.39 Å². The van der Waals surface area contributed by atoms with Gasteiger partial charge in [-0.2, -0.15) is 0 Å². The molecule has 24 heavy (non-hydrogen) atoms. The van der Waals surface area contributed by atoms with E-state index in [0.29, 0.717) is 34.9 Å². The molecule has 4 N–H and O–H groups in total. The van der Waals surface area contributed by atoms with Gasteiger partial charge in [0.25, 0.3) is 0 Å². The van der Waals surface area contributed by atoms with E-state index in [1.165, 1.54) is 6.07 Å². The van der Waals surface area contributed by atoms with Crippen molar-refractivity contribution < 1.29 is 14.4 Å². The Labute approximate surface area is 136 Å². The molecule has 0 spiro atoms. The van der Waals surface area contributed by atoms with Crippen LogP contribution in [0.3, 0.4) is 0 Å². The number of allylic oxidation sites excluding steroid dienone is 3. The van der Waals surface area contributed by atoms with Crippen molar-refractivity contribution in [3.8, 4) is 11.5 Å². The first kappa shape index (κ1) is 14.4. The van der Waals surface area contributed by atoms with Crippen LogP contribution >= 0.6 is 0 Å². The van der Waals surface area contributed by atoms with Crippen LogP contribution in [0, 0.1) is 5.82 Å². The van der Waals surface area contributed by atoms with E-state index >= 15 is 0 Å². The minimum absolute atomic E-state index is 0.343.